The van der Waals surface area contributed by atoms with Gasteiger partial charge in [0, 0.05) is 37.9 Å². The monoisotopic (exact) mass is 550 g/mol. The van der Waals surface area contributed by atoms with Gasteiger partial charge in [-0.25, -0.2) is 13.1 Å². The summed E-state index contributed by atoms with van der Waals surface area (Å²) in [5.41, 5.74) is 2.57. The number of hydrogen-bond acceptors (Lipinski definition) is 6. The molecule has 39 heavy (non-hydrogen) atoms. The van der Waals surface area contributed by atoms with E-state index in [0.717, 1.165) is 29.5 Å². The van der Waals surface area contributed by atoms with E-state index < -0.39 is 16.1 Å². The van der Waals surface area contributed by atoms with E-state index in [1.165, 1.54) is 0 Å². The van der Waals surface area contributed by atoms with E-state index in [9.17, 15) is 18.0 Å². The molecule has 2 amide bonds. The van der Waals surface area contributed by atoms with Gasteiger partial charge in [0.15, 0.2) is 0 Å². The first-order valence-corrected chi connectivity index (χ1v) is 14.4. The molecule has 1 fully saturated rings. The molecule has 1 aliphatic carbocycles. The van der Waals surface area contributed by atoms with Gasteiger partial charge in [-0.05, 0) is 73.2 Å². The van der Waals surface area contributed by atoms with Crippen molar-refractivity contribution >= 4 is 21.8 Å². The van der Waals surface area contributed by atoms with E-state index in [1.54, 1.807) is 61.7 Å². The van der Waals surface area contributed by atoms with Crippen molar-refractivity contribution in [2.75, 3.05) is 7.11 Å². The van der Waals surface area contributed by atoms with Gasteiger partial charge in [0.1, 0.15) is 11.8 Å². The van der Waals surface area contributed by atoms with Gasteiger partial charge in [0.2, 0.25) is 21.8 Å². The molecule has 1 heterocycles. The van der Waals surface area contributed by atoms with Crippen molar-refractivity contribution in [1.29, 1.82) is 0 Å². The Labute approximate surface area is 229 Å². The number of amides is 2. The van der Waals surface area contributed by atoms with Gasteiger partial charge in [-0.15, -0.1) is 0 Å². The van der Waals surface area contributed by atoms with Crippen LogP contribution in [0.4, 0.5) is 0 Å². The Morgan fingerprint density at radius 3 is 2.33 bits per heavy atom. The molecule has 0 bridgehead atoms. The summed E-state index contributed by atoms with van der Waals surface area (Å²) in [4.78, 5) is 32.3. The number of benzene rings is 2. The fraction of sp³-hybridized carbons (Fsp3) is 0.345. The van der Waals surface area contributed by atoms with Crippen LogP contribution in [0, 0.1) is 0 Å². The molecule has 3 aromatic rings. The fourth-order valence-corrected chi connectivity index (χ4v) is 5.37. The molecule has 10 heteroatoms. The Hall–Kier alpha value is -3.76. The van der Waals surface area contributed by atoms with Crippen LogP contribution in [-0.2, 0) is 39.1 Å². The number of methoxy groups -OCH3 is 1. The van der Waals surface area contributed by atoms with Gasteiger partial charge in [0.25, 0.3) is 0 Å². The second-order valence-electron chi connectivity index (χ2n) is 9.66. The van der Waals surface area contributed by atoms with Crippen LogP contribution in [0.25, 0.3) is 0 Å². The third-order valence-electron chi connectivity index (χ3n) is 6.63. The van der Waals surface area contributed by atoms with E-state index in [2.05, 4.69) is 15.0 Å². The lowest BCUT2D eigenvalue weighted by molar-refractivity contribution is -0.140. The number of aromatic nitrogens is 1. The highest BCUT2D eigenvalue weighted by Gasteiger charge is 2.28. The number of rotatable bonds is 13. The molecule has 4 rings (SSSR count). The summed E-state index contributed by atoms with van der Waals surface area (Å²) in [5.74, 6) is 0.261. The maximum atomic E-state index is 13.4. The highest BCUT2D eigenvalue weighted by molar-refractivity contribution is 7.89. The van der Waals surface area contributed by atoms with Crippen LogP contribution < -0.4 is 14.8 Å². The number of pyridine rings is 1. The van der Waals surface area contributed by atoms with Crippen LogP contribution in [0.5, 0.6) is 5.75 Å². The van der Waals surface area contributed by atoms with E-state index in [-0.39, 0.29) is 35.7 Å². The number of nitrogens with one attached hydrogen (secondary N) is 2. The summed E-state index contributed by atoms with van der Waals surface area (Å²) in [6, 6.07) is 17.0. The number of sulfonamides is 1. The summed E-state index contributed by atoms with van der Waals surface area (Å²) in [5, 5.41) is 2.89. The Balaban J connectivity index is 1.42. The lowest BCUT2D eigenvalue weighted by Crippen LogP contribution is -2.47. The second kappa shape index (κ2) is 12.9. The van der Waals surface area contributed by atoms with E-state index >= 15 is 0 Å². The minimum Gasteiger partial charge on any atom is -0.497 e. The molecule has 1 aliphatic rings. The molecule has 0 saturated heterocycles. The number of carbonyl (C=O) groups excluding carboxylic acids is 2. The lowest BCUT2D eigenvalue weighted by atomic mass is 10.1. The average molecular weight is 551 g/mol. The first-order valence-electron chi connectivity index (χ1n) is 13.0. The van der Waals surface area contributed by atoms with Crippen LogP contribution in [0.3, 0.4) is 0 Å². The zero-order valence-electron chi connectivity index (χ0n) is 22.2. The van der Waals surface area contributed by atoms with E-state index in [1.807, 2.05) is 30.3 Å². The smallest absolute Gasteiger partial charge is 0.242 e. The van der Waals surface area contributed by atoms with Gasteiger partial charge in [-0.1, -0.05) is 30.3 Å². The second-order valence-corrected chi connectivity index (χ2v) is 11.4. The maximum Gasteiger partial charge on any atom is 0.242 e. The van der Waals surface area contributed by atoms with Crippen molar-refractivity contribution in [2.45, 2.75) is 62.7 Å². The highest BCUT2D eigenvalue weighted by Crippen LogP contribution is 2.23. The fourth-order valence-electron chi connectivity index (χ4n) is 4.07. The van der Waals surface area contributed by atoms with E-state index in [0.29, 0.717) is 18.7 Å². The van der Waals surface area contributed by atoms with Crippen LogP contribution in [0.2, 0.25) is 0 Å². The maximum absolute atomic E-state index is 13.4. The Morgan fingerprint density at radius 1 is 1.03 bits per heavy atom. The highest BCUT2D eigenvalue weighted by atomic mass is 32.2. The molecular weight excluding hydrogens is 516 g/mol. The third-order valence-corrected chi connectivity index (χ3v) is 8.17. The average Bonchev–Trinajstić information content (AvgIpc) is 3.77. The van der Waals surface area contributed by atoms with Crippen molar-refractivity contribution < 1.29 is 22.7 Å². The summed E-state index contributed by atoms with van der Waals surface area (Å²) < 4.78 is 32.7. The first kappa shape index (κ1) is 28.3. The van der Waals surface area contributed by atoms with Crippen LogP contribution in [0.15, 0.2) is 78.0 Å². The largest absolute Gasteiger partial charge is 0.497 e. The Morgan fingerprint density at radius 2 is 1.72 bits per heavy atom. The number of ether oxygens (including phenoxy) is 1. The molecule has 9 nitrogen and oxygen atoms in total. The van der Waals surface area contributed by atoms with Crippen molar-refractivity contribution in [3.63, 3.8) is 0 Å². The normalized spacial score (nSPS) is 13.9. The zero-order valence-corrected chi connectivity index (χ0v) is 23.0. The Kier molecular flexibility index (Phi) is 9.32. The summed E-state index contributed by atoms with van der Waals surface area (Å²) >= 11 is 0. The summed E-state index contributed by atoms with van der Waals surface area (Å²) in [7, 11) is -1.94. The number of carbonyl (C=O) groups is 2. The van der Waals surface area contributed by atoms with Crippen molar-refractivity contribution in [3.05, 3.63) is 89.7 Å². The third kappa shape index (κ3) is 8.11. The summed E-state index contributed by atoms with van der Waals surface area (Å²) in [6.45, 7) is 2.29. The SMILES string of the molecule is COc1ccc(CN(C(=O)CCc2ccc(S(=O)(=O)NC3CC3)cc2)[C@@H](C)C(=O)NCc2cccnc2)cc1. The molecule has 2 N–H and O–H groups in total. The lowest BCUT2D eigenvalue weighted by Gasteiger charge is -2.29. The van der Waals surface area contributed by atoms with Crippen molar-refractivity contribution in [3.8, 4) is 5.75 Å². The van der Waals surface area contributed by atoms with Gasteiger partial charge in [0.05, 0.1) is 12.0 Å². The number of aryl methyl sites for hydroxylation is 1. The van der Waals surface area contributed by atoms with Gasteiger partial charge in [-0.3, -0.25) is 14.6 Å². The molecule has 2 aromatic carbocycles. The molecule has 0 aliphatic heterocycles. The molecule has 1 atom stereocenters. The minimum absolute atomic E-state index is 0.0348. The zero-order chi connectivity index (χ0) is 27.8. The molecule has 0 unspecified atom stereocenters. The van der Waals surface area contributed by atoms with Crippen LogP contribution in [-0.4, -0.2) is 49.3 Å². The minimum atomic E-state index is -3.53. The quantitative estimate of drug-likeness (QED) is 0.338. The topological polar surface area (TPSA) is 118 Å². The predicted octanol–water partition coefficient (Wildman–Crippen LogP) is 3.20. The van der Waals surface area contributed by atoms with Crippen molar-refractivity contribution in [1.82, 2.24) is 19.9 Å². The summed E-state index contributed by atoms with van der Waals surface area (Å²) in [6.07, 6.45) is 5.67. The van der Waals surface area contributed by atoms with Crippen LogP contribution in [0.1, 0.15) is 42.9 Å². The molecule has 1 saturated carbocycles. The molecular formula is C29H34N4O5S. The Bertz CT molecular complexity index is 1360. The molecule has 1 aromatic heterocycles. The molecule has 0 spiro atoms. The van der Waals surface area contributed by atoms with Gasteiger partial charge >= 0.3 is 0 Å². The van der Waals surface area contributed by atoms with Crippen molar-refractivity contribution in [2.24, 2.45) is 0 Å². The number of hydrogen-bond donors (Lipinski definition) is 2. The number of nitrogens with zero attached hydrogens (tertiary/aromatic N) is 2. The van der Waals surface area contributed by atoms with Crippen LogP contribution >= 0.6 is 0 Å². The molecule has 206 valence electrons. The standard InChI is InChI=1S/C29H34N4O5S/c1-21(29(35)31-19-24-4-3-17-30-18-24)33(20-23-5-12-26(38-2)13-6-23)28(34)16-9-22-7-14-27(15-8-22)39(36,37)32-25-10-11-25/h3-8,12-15,17-18,21,25,32H,9-11,16,19-20H2,1-2H3,(H,31,35)/t21-/m0/s1. The first-order chi connectivity index (χ1) is 18.7. The van der Waals surface area contributed by atoms with Gasteiger partial charge < -0.3 is 15.0 Å². The predicted molar refractivity (Wildman–Crippen MR) is 147 cm³/mol. The molecule has 0 radical (unpaired) electrons. The van der Waals surface area contributed by atoms with E-state index in [4.69, 9.17) is 4.74 Å². The van der Waals surface area contributed by atoms with Gasteiger partial charge in [-0.2, -0.15) is 0 Å².